The number of hydrogen-bond donors (Lipinski definition) is 3. The molecule has 0 saturated heterocycles. The Morgan fingerprint density at radius 3 is 2.74 bits per heavy atom. The number of nitrogens with one attached hydrogen (secondary N) is 2. The number of nitrogens with two attached hydrogens (primary N) is 1. The van der Waals surface area contributed by atoms with E-state index in [1.807, 2.05) is 24.3 Å². The van der Waals surface area contributed by atoms with Crippen LogP contribution in [0.3, 0.4) is 0 Å². The highest BCUT2D eigenvalue weighted by molar-refractivity contribution is 8.01. The first-order valence-electron chi connectivity index (χ1n) is 9.21. The fourth-order valence-corrected chi connectivity index (χ4v) is 4.02. The average Bonchev–Trinajstić information content (AvgIpc) is 2.74. The summed E-state index contributed by atoms with van der Waals surface area (Å²) in [6.45, 7) is -0.198. The Morgan fingerprint density at radius 2 is 1.94 bits per heavy atom. The number of carbonyl (C=O) groups is 2. The Hall–Kier alpha value is -3.37. The number of amides is 1. The minimum Gasteiger partial charge on any atom is -0.457 e. The Kier molecular flexibility index (Phi) is 6.19. The van der Waals surface area contributed by atoms with Crippen LogP contribution in [0.15, 0.2) is 53.4 Å². The third-order valence-corrected chi connectivity index (χ3v) is 5.75. The summed E-state index contributed by atoms with van der Waals surface area (Å²) in [4.78, 5) is 37.7. The molecule has 31 heavy (non-hydrogen) atoms. The average molecular weight is 457 g/mol. The van der Waals surface area contributed by atoms with E-state index < -0.39 is 11.2 Å². The van der Waals surface area contributed by atoms with Crippen LogP contribution in [-0.2, 0) is 20.9 Å². The van der Waals surface area contributed by atoms with Gasteiger partial charge < -0.3 is 21.1 Å². The van der Waals surface area contributed by atoms with Crippen molar-refractivity contribution in [2.45, 2.75) is 23.2 Å². The highest BCUT2D eigenvalue weighted by atomic mass is 35.5. The molecule has 2 aromatic carbocycles. The van der Waals surface area contributed by atoms with Crippen LogP contribution in [0, 0.1) is 0 Å². The van der Waals surface area contributed by atoms with Crippen molar-refractivity contribution in [2.24, 2.45) is 0 Å². The maximum Gasteiger partial charge on any atom is 0.307 e. The van der Waals surface area contributed by atoms with Crippen LogP contribution in [0.1, 0.15) is 12.2 Å². The number of benzene rings is 2. The van der Waals surface area contributed by atoms with Crippen LogP contribution in [0.5, 0.6) is 0 Å². The fraction of sp³-hybridized carbons (Fsp3) is 0.150. The molecule has 2 heterocycles. The van der Waals surface area contributed by atoms with Gasteiger partial charge in [0.1, 0.15) is 0 Å². The van der Waals surface area contributed by atoms with Gasteiger partial charge in [0.05, 0.1) is 17.4 Å². The third-order valence-electron chi connectivity index (χ3n) is 4.22. The fourth-order valence-electron chi connectivity index (χ4n) is 2.80. The predicted octanol–water partition coefficient (Wildman–Crippen LogP) is 3.40. The van der Waals surface area contributed by atoms with Gasteiger partial charge in [-0.25, -0.2) is 0 Å². The molecule has 1 aromatic heterocycles. The zero-order valence-electron chi connectivity index (χ0n) is 16.0. The van der Waals surface area contributed by atoms with E-state index >= 15 is 0 Å². The molecular weight excluding hydrogens is 440 g/mol. The lowest BCUT2D eigenvalue weighted by Gasteiger charge is -2.23. The van der Waals surface area contributed by atoms with Crippen molar-refractivity contribution in [2.75, 3.05) is 16.4 Å². The van der Waals surface area contributed by atoms with Gasteiger partial charge in [-0.15, -0.1) is 11.8 Å². The molecule has 0 spiro atoms. The lowest BCUT2D eigenvalue weighted by Crippen LogP contribution is -2.31. The highest BCUT2D eigenvalue weighted by Crippen LogP contribution is 2.36. The molecule has 0 radical (unpaired) electrons. The molecule has 1 aliphatic heterocycles. The summed E-state index contributed by atoms with van der Waals surface area (Å²) in [6.07, 6.45) is -0.0821. The number of fused-ring (bicyclic) bond motifs is 1. The van der Waals surface area contributed by atoms with E-state index in [0.717, 1.165) is 10.6 Å². The molecule has 158 valence electrons. The second-order valence-corrected chi connectivity index (χ2v) is 8.20. The molecule has 11 heteroatoms. The van der Waals surface area contributed by atoms with Crippen molar-refractivity contribution in [3.63, 3.8) is 0 Å². The standard InChI is InChI=1S/C20H17ClN6O3S/c21-11-5-7-12(8-6-11)23-20-26-16(25-19(22)27-20)10-30-17(28)9-15-18(29)24-13-3-1-2-4-14(13)31-15/h1-8,15H,9-10H2,(H,24,29)(H3,22,23,25,26,27)/t15-/m0/s1. The molecule has 1 amide bonds. The summed E-state index contributed by atoms with van der Waals surface area (Å²) < 4.78 is 5.26. The Bertz CT molecular complexity index is 1130. The number of aromatic nitrogens is 3. The zero-order chi connectivity index (χ0) is 21.8. The summed E-state index contributed by atoms with van der Waals surface area (Å²) >= 11 is 7.20. The van der Waals surface area contributed by atoms with Crippen molar-refractivity contribution >= 4 is 58.5 Å². The number of rotatable bonds is 6. The predicted molar refractivity (Wildman–Crippen MR) is 118 cm³/mol. The molecule has 0 fully saturated rings. The van der Waals surface area contributed by atoms with E-state index in [1.165, 1.54) is 11.8 Å². The maximum atomic E-state index is 12.3. The van der Waals surface area contributed by atoms with Crippen molar-refractivity contribution in [3.05, 3.63) is 59.4 Å². The second-order valence-electron chi connectivity index (χ2n) is 6.52. The van der Waals surface area contributed by atoms with Crippen molar-refractivity contribution < 1.29 is 14.3 Å². The number of ether oxygens (including phenoxy) is 1. The van der Waals surface area contributed by atoms with Gasteiger partial charge in [0.25, 0.3) is 0 Å². The summed E-state index contributed by atoms with van der Waals surface area (Å²) in [6, 6.07) is 14.4. The summed E-state index contributed by atoms with van der Waals surface area (Å²) in [7, 11) is 0. The van der Waals surface area contributed by atoms with E-state index in [4.69, 9.17) is 22.1 Å². The lowest BCUT2D eigenvalue weighted by atomic mass is 10.2. The topological polar surface area (TPSA) is 132 Å². The summed E-state index contributed by atoms with van der Waals surface area (Å²) in [5.74, 6) is -0.405. The van der Waals surface area contributed by atoms with E-state index in [2.05, 4.69) is 25.6 Å². The molecule has 1 atom stereocenters. The van der Waals surface area contributed by atoms with Gasteiger partial charge in [0, 0.05) is 15.6 Å². The van der Waals surface area contributed by atoms with Gasteiger partial charge in [-0.3, -0.25) is 9.59 Å². The maximum absolute atomic E-state index is 12.3. The number of anilines is 4. The van der Waals surface area contributed by atoms with Crippen LogP contribution in [0.4, 0.5) is 23.3 Å². The highest BCUT2D eigenvalue weighted by Gasteiger charge is 2.29. The number of thioether (sulfide) groups is 1. The van der Waals surface area contributed by atoms with Crippen LogP contribution >= 0.6 is 23.4 Å². The van der Waals surface area contributed by atoms with Gasteiger partial charge in [-0.1, -0.05) is 23.7 Å². The molecule has 0 aliphatic carbocycles. The number of nitrogens with zero attached hydrogens (tertiary/aromatic N) is 3. The monoisotopic (exact) mass is 456 g/mol. The molecule has 4 N–H and O–H groups in total. The summed E-state index contributed by atoms with van der Waals surface area (Å²) in [5, 5.41) is 5.80. The second kappa shape index (κ2) is 9.19. The van der Waals surface area contributed by atoms with E-state index in [-0.39, 0.29) is 36.7 Å². The van der Waals surface area contributed by atoms with Gasteiger partial charge in [0.2, 0.25) is 17.8 Å². The van der Waals surface area contributed by atoms with Crippen LogP contribution < -0.4 is 16.4 Å². The first kappa shape index (κ1) is 20.9. The Labute approximate surface area is 186 Å². The molecule has 3 aromatic rings. The van der Waals surface area contributed by atoms with Crippen molar-refractivity contribution in [1.29, 1.82) is 0 Å². The van der Waals surface area contributed by atoms with Gasteiger partial charge in [-0.2, -0.15) is 15.0 Å². The molecule has 0 saturated carbocycles. The first-order valence-corrected chi connectivity index (χ1v) is 10.5. The Morgan fingerprint density at radius 1 is 1.16 bits per heavy atom. The largest absolute Gasteiger partial charge is 0.457 e. The van der Waals surface area contributed by atoms with Gasteiger partial charge in [-0.05, 0) is 36.4 Å². The van der Waals surface area contributed by atoms with Crippen molar-refractivity contribution in [3.8, 4) is 0 Å². The number of para-hydroxylation sites is 1. The van der Waals surface area contributed by atoms with Crippen molar-refractivity contribution in [1.82, 2.24) is 15.0 Å². The molecule has 1 aliphatic rings. The van der Waals surface area contributed by atoms with Gasteiger partial charge in [0.15, 0.2) is 12.4 Å². The molecule has 0 bridgehead atoms. The van der Waals surface area contributed by atoms with E-state index in [9.17, 15) is 9.59 Å². The normalized spacial score (nSPS) is 15.0. The number of esters is 1. The lowest BCUT2D eigenvalue weighted by molar-refractivity contribution is -0.146. The SMILES string of the molecule is Nc1nc(COC(=O)C[C@@H]2Sc3ccccc3NC2=O)nc(Nc2ccc(Cl)cc2)n1. The quantitative estimate of drug-likeness (QED) is 0.477. The minimum atomic E-state index is -0.576. The molecule has 9 nitrogen and oxygen atoms in total. The Balaban J connectivity index is 1.35. The minimum absolute atomic E-state index is 0.0173. The summed E-state index contributed by atoms with van der Waals surface area (Å²) in [5.41, 5.74) is 7.18. The number of hydrogen-bond acceptors (Lipinski definition) is 9. The van der Waals surface area contributed by atoms with E-state index in [1.54, 1.807) is 24.3 Å². The smallest absolute Gasteiger partial charge is 0.307 e. The van der Waals surface area contributed by atoms with Crippen LogP contribution in [-0.4, -0.2) is 32.1 Å². The van der Waals surface area contributed by atoms with Crippen LogP contribution in [0.25, 0.3) is 0 Å². The zero-order valence-corrected chi connectivity index (χ0v) is 17.6. The van der Waals surface area contributed by atoms with E-state index in [0.29, 0.717) is 10.7 Å². The van der Waals surface area contributed by atoms with Crippen LogP contribution in [0.2, 0.25) is 5.02 Å². The molecule has 4 rings (SSSR count). The first-order chi connectivity index (χ1) is 15.0. The molecule has 0 unspecified atom stereocenters. The number of halogens is 1. The number of nitrogen functional groups attached to an aromatic ring is 1. The van der Waals surface area contributed by atoms with Gasteiger partial charge >= 0.3 is 5.97 Å². The molecular formula is C20H17ClN6O3S. The number of carbonyl (C=O) groups excluding carboxylic acids is 2. The third kappa shape index (κ3) is 5.41.